The number of fused-ring (bicyclic) bond motifs is 2. The Hall–Kier alpha value is -5.35. The molecular formula is C42H36N4. The Morgan fingerprint density at radius 2 is 1.59 bits per heavy atom. The standard InChI is InChI=1S/C42H36N4/c1-28-32(21-23-39(45-28)40-17-9-11-25-46(40)2)42-34-15-7-6-14-33(34)41(31-19-22-38(44-27-31)37-16-8-10-24-43-37)35-20-18-30(26-36(35)42)29-12-4-3-5-13-29/h3-4,6-12,14-28,32,40H,5,13H2,1-2H3. The average Bonchev–Trinajstić information content (AvgIpc) is 3.12. The van der Waals surface area contributed by atoms with E-state index in [4.69, 9.17) is 9.98 Å². The van der Waals surface area contributed by atoms with Gasteiger partial charge in [0.05, 0.1) is 29.2 Å². The van der Waals surface area contributed by atoms with Crippen molar-refractivity contribution in [1.29, 1.82) is 0 Å². The first kappa shape index (κ1) is 28.1. The topological polar surface area (TPSA) is 41.4 Å². The Morgan fingerprint density at radius 1 is 0.761 bits per heavy atom. The van der Waals surface area contributed by atoms with Crippen LogP contribution in [0.2, 0.25) is 0 Å². The molecule has 4 nitrogen and oxygen atoms in total. The van der Waals surface area contributed by atoms with Crippen molar-refractivity contribution >= 4 is 32.8 Å². The second-order valence-corrected chi connectivity index (χ2v) is 12.4. The van der Waals surface area contributed by atoms with Crippen molar-refractivity contribution in [3.05, 3.63) is 151 Å². The summed E-state index contributed by atoms with van der Waals surface area (Å²) in [6.45, 7) is 2.27. The molecule has 0 saturated carbocycles. The van der Waals surface area contributed by atoms with Gasteiger partial charge in [0, 0.05) is 30.9 Å². The first-order valence-corrected chi connectivity index (χ1v) is 16.2. The number of benzene rings is 3. The minimum absolute atomic E-state index is 0.0879. The summed E-state index contributed by atoms with van der Waals surface area (Å²) in [6, 6.07) is 26.4. The molecule has 0 amide bonds. The third-order valence-corrected chi connectivity index (χ3v) is 9.58. The number of likely N-dealkylation sites (N-methyl/N-ethyl adjacent to an activating group) is 1. The summed E-state index contributed by atoms with van der Waals surface area (Å²) in [6.07, 6.45) is 25.9. The lowest BCUT2D eigenvalue weighted by atomic mass is 9.79. The fourth-order valence-corrected chi connectivity index (χ4v) is 7.26. The third-order valence-electron chi connectivity index (χ3n) is 9.58. The predicted octanol–water partition coefficient (Wildman–Crippen LogP) is 9.72. The molecule has 0 saturated heterocycles. The maximum Gasteiger partial charge on any atom is 0.0887 e. The summed E-state index contributed by atoms with van der Waals surface area (Å²) < 4.78 is 0. The quantitative estimate of drug-likeness (QED) is 0.190. The van der Waals surface area contributed by atoms with Gasteiger partial charge in [0.15, 0.2) is 0 Å². The molecule has 5 aromatic rings. The molecule has 8 rings (SSSR count). The lowest BCUT2D eigenvalue weighted by molar-refractivity contribution is 0.449. The van der Waals surface area contributed by atoms with E-state index in [1.165, 1.54) is 43.8 Å². The first-order valence-electron chi connectivity index (χ1n) is 16.2. The Labute approximate surface area is 270 Å². The van der Waals surface area contributed by atoms with Gasteiger partial charge in [-0.15, -0.1) is 0 Å². The number of dihydropyridines is 1. The molecule has 0 bridgehead atoms. The van der Waals surface area contributed by atoms with Gasteiger partial charge < -0.3 is 4.90 Å². The van der Waals surface area contributed by atoms with Crippen LogP contribution in [0.3, 0.4) is 0 Å². The van der Waals surface area contributed by atoms with E-state index in [0.29, 0.717) is 0 Å². The zero-order valence-corrected chi connectivity index (χ0v) is 26.2. The summed E-state index contributed by atoms with van der Waals surface area (Å²) in [4.78, 5) is 17.0. The first-order chi connectivity index (χ1) is 22.7. The summed E-state index contributed by atoms with van der Waals surface area (Å²) in [5.41, 5.74) is 9.21. The Kier molecular flexibility index (Phi) is 7.26. The third kappa shape index (κ3) is 5.00. The Bertz CT molecular complexity index is 2130. The lowest BCUT2D eigenvalue weighted by Crippen LogP contribution is -2.36. The fraction of sp³-hybridized carbons (Fsp3) is 0.167. The molecule has 1 aliphatic carbocycles. The fourth-order valence-electron chi connectivity index (χ4n) is 7.26. The molecule has 0 radical (unpaired) electrons. The summed E-state index contributed by atoms with van der Waals surface area (Å²) >= 11 is 0. The minimum Gasteiger partial charge on any atom is -0.368 e. The van der Waals surface area contributed by atoms with Gasteiger partial charge in [-0.25, -0.2) is 0 Å². The largest absolute Gasteiger partial charge is 0.368 e. The number of rotatable bonds is 5. The van der Waals surface area contributed by atoms with E-state index in [2.05, 4.69) is 133 Å². The maximum atomic E-state index is 5.33. The van der Waals surface area contributed by atoms with E-state index in [1.54, 1.807) is 0 Å². The average molecular weight is 597 g/mol. The number of hydrogen-bond donors (Lipinski definition) is 0. The highest BCUT2D eigenvalue weighted by Crippen LogP contribution is 2.45. The van der Waals surface area contributed by atoms with Crippen LogP contribution in [-0.4, -0.2) is 39.7 Å². The minimum atomic E-state index is 0.0879. The van der Waals surface area contributed by atoms with Crippen LogP contribution >= 0.6 is 0 Å². The predicted molar refractivity (Wildman–Crippen MR) is 193 cm³/mol. The number of allylic oxidation sites excluding steroid dienone is 6. The highest BCUT2D eigenvalue weighted by Gasteiger charge is 2.28. The zero-order valence-electron chi connectivity index (χ0n) is 26.2. The lowest BCUT2D eigenvalue weighted by Gasteiger charge is -2.32. The Balaban J connectivity index is 1.32. The monoisotopic (exact) mass is 596 g/mol. The second-order valence-electron chi connectivity index (χ2n) is 12.4. The van der Waals surface area contributed by atoms with Crippen LogP contribution in [0.4, 0.5) is 0 Å². The molecule has 0 fully saturated rings. The van der Waals surface area contributed by atoms with Gasteiger partial charge in [0.2, 0.25) is 0 Å². The molecule has 3 unspecified atom stereocenters. The number of hydrogen-bond acceptors (Lipinski definition) is 4. The maximum absolute atomic E-state index is 5.33. The molecule has 2 aromatic heterocycles. The van der Waals surface area contributed by atoms with Crippen LogP contribution in [0.1, 0.15) is 36.8 Å². The van der Waals surface area contributed by atoms with Gasteiger partial charge in [0.25, 0.3) is 0 Å². The van der Waals surface area contributed by atoms with Crippen molar-refractivity contribution in [2.24, 2.45) is 4.99 Å². The normalized spacial score (nSPS) is 20.7. The van der Waals surface area contributed by atoms with Crippen molar-refractivity contribution in [2.45, 2.75) is 37.8 Å². The smallest absolute Gasteiger partial charge is 0.0887 e. The zero-order chi connectivity index (χ0) is 31.0. The van der Waals surface area contributed by atoms with Crippen molar-refractivity contribution in [3.8, 4) is 22.5 Å². The van der Waals surface area contributed by atoms with Crippen LogP contribution in [0.5, 0.6) is 0 Å². The van der Waals surface area contributed by atoms with Gasteiger partial charge in [-0.3, -0.25) is 15.0 Å². The van der Waals surface area contributed by atoms with Crippen molar-refractivity contribution in [2.75, 3.05) is 7.05 Å². The van der Waals surface area contributed by atoms with Crippen LogP contribution in [-0.2, 0) is 0 Å². The molecule has 4 heterocycles. The number of aliphatic imine (C=N–C) groups is 1. The molecule has 3 aliphatic rings. The molecule has 2 aliphatic heterocycles. The van der Waals surface area contributed by atoms with E-state index < -0.39 is 0 Å². The van der Waals surface area contributed by atoms with E-state index in [0.717, 1.165) is 35.5 Å². The number of aromatic nitrogens is 2. The molecule has 0 spiro atoms. The van der Waals surface area contributed by atoms with E-state index in [1.807, 2.05) is 30.6 Å². The number of pyridine rings is 2. The number of nitrogens with zero attached hydrogens (tertiary/aromatic N) is 4. The molecule has 3 atom stereocenters. The highest BCUT2D eigenvalue weighted by molar-refractivity contribution is 6.16. The van der Waals surface area contributed by atoms with Gasteiger partial charge in [-0.05, 0) is 106 Å². The van der Waals surface area contributed by atoms with Crippen LogP contribution in [0.25, 0.3) is 49.6 Å². The van der Waals surface area contributed by atoms with E-state index >= 15 is 0 Å². The molecule has 4 heteroatoms. The highest BCUT2D eigenvalue weighted by atomic mass is 15.1. The van der Waals surface area contributed by atoms with Crippen molar-refractivity contribution < 1.29 is 0 Å². The van der Waals surface area contributed by atoms with Crippen LogP contribution in [0, 0.1) is 0 Å². The van der Waals surface area contributed by atoms with Gasteiger partial charge >= 0.3 is 0 Å². The van der Waals surface area contributed by atoms with Crippen molar-refractivity contribution in [3.63, 3.8) is 0 Å². The molecule has 3 aromatic carbocycles. The van der Waals surface area contributed by atoms with Crippen LogP contribution < -0.4 is 0 Å². The van der Waals surface area contributed by atoms with Gasteiger partial charge in [0.1, 0.15) is 0 Å². The van der Waals surface area contributed by atoms with E-state index in [9.17, 15) is 0 Å². The SMILES string of the molecule is CC1N=C(C2C=CC=CN2C)C=CC1c1c2ccccc2c(-c2ccc(-c3ccccn3)nc2)c2ccc(C3=CC=CCC3)cc12. The molecule has 46 heavy (non-hydrogen) atoms. The molecule has 0 N–H and O–H groups in total. The second kappa shape index (κ2) is 11.9. The van der Waals surface area contributed by atoms with Crippen molar-refractivity contribution in [1.82, 2.24) is 14.9 Å². The van der Waals surface area contributed by atoms with Crippen LogP contribution in [0.15, 0.2) is 145 Å². The van der Waals surface area contributed by atoms with E-state index in [-0.39, 0.29) is 18.0 Å². The molecule has 224 valence electrons. The van der Waals surface area contributed by atoms with Gasteiger partial charge in [-0.1, -0.05) is 85.0 Å². The summed E-state index contributed by atoms with van der Waals surface area (Å²) in [5.74, 6) is 0.138. The van der Waals surface area contributed by atoms with Gasteiger partial charge in [-0.2, -0.15) is 0 Å². The summed E-state index contributed by atoms with van der Waals surface area (Å²) in [5, 5.41) is 5.03. The Morgan fingerprint density at radius 3 is 2.35 bits per heavy atom. The summed E-state index contributed by atoms with van der Waals surface area (Å²) in [7, 11) is 2.12. The molecular weight excluding hydrogens is 560 g/mol.